The third-order valence-corrected chi connectivity index (χ3v) is 4.17. The molecule has 3 rings (SSSR count). The Morgan fingerprint density at radius 2 is 1.92 bits per heavy atom. The number of rotatable bonds is 2. The summed E-state index contributed by atoms with van der Waals surface area (Å²) < 4.78 is 1.52. The SMILES string of the molecule is CC(Cl)C(=O)N1c2ccccc2NC(=O)c2c1c(C(C)C)nn2C. The van der Waals surface area contributed by atoms with Crippen LogP contribution in [0, 0.1) is 0 Å². The van der Waals surface area contributed by atoms with Gasteiger partial charge in [0.15, 0.2) is 5.69 Å². The van der Waals surface area contributed by atoms with Gasteiger partial charge in [-0.15, -0.1) is 11.6 Å². The molecule has 2 aromatic rings. The van der Waals surface area contributed by atoms with Crippen molar-refractivity contribution in [1.29, 1.82) is 0 Å². The Balaban J connectivity index is 2.37. The van der Waals surface area contributed by atoms with Crippen molar-refractivity contribution in [2.75, 3.05) is 10.2 Å². The van der Waals surface area contributed by atoms with Crippen molar-refractivity contribution >= 4 is 40.5 Å². The highest BCUT2D eigenvalue weighted by atomic mass is 35.5. The lowest BCUT2D eigenvalue weighted by atomic mass is 10.1. The van der Waals surface area contributed by atoms with Gasteiger partial charge in [0.2, 0.25) is 5.91 Å². The molecule has 1 aliphatic heterocycles. The molecule has 0 aliphatic carbocycles. The number of anilines is 3. The van der Waals surface area contributed by atoms with Crippen LogP contribution in [0.15, 0.2) is 24.3 Å². The monoisotopic (exact) mass is 346 g/mol. The van der Waals surface area contributed by atoms with Crippen molar-refractivity contribution < 1.29 is 9.59 Å². The number of nitrogens with one attached hydrogen (secondary N) is 1. The van der Waals surface area contributed by atoms with Gasteiger partial charge in [0.1, 0.15) is 11.1 Å². The predicted octanol–water partition coefficient (Wildman–Crippen LogP) is 3.40. The van der Waals surface area contributed by atoms with Gasteiger partial charge in [-0.25, -0.2) is 0 Å². The molecule has 1 N–H and O–H groups in total. The molecule has 2 amide bonds. The summed E-state index contributed by atoms with van der Waals surface area (Å²) >= 11 is 6.10. The number of para-hydroxylation sites is 2. The first-order valence-electron chi connectivity index (χ1n) is 7.78. The maximum atomic E-state index is 12.9. The summed E-state index contributed by atoms with van der Waals surface area (Å²) in [7, 11) is 1.70. The van der Waals surface area contributed by atoms with E-state index in [9.17, 15) is 9.59 Å². The minimum absolute atomic E-state index is 0.0407. The number of alkyl halides is 1. The minimum Gasteiger partial charge on any atom is -0.319 e. The van der Waals surface area contributed by atoms with Crippen molar-refractivity contribution in [3.05, 3.63) is 35.7 Å². The zero-order chi connectivity index (χ0) is 17.6. The van der Waals surface area contributed by atoms with Gasteiger partial charge < -0.3 is 5.32 Å². The van der Waals surface area contributed by atoms with Crippen LogP contribution in [-0.4, -0.2) is 27.0 Å². The number of hydrogen-bond acceptors (Lipinski definition) is 3. The smallest absolute Gasteiger partial charge is 0.276 e. The first kappa shape index (κ1) is 16.5. The van der Waals surface area contributed by atoms with Gasteiger partial charge in [-0.1, -0.05) is 26.0 Å². The Bertz CT molecular complexity index is 826. The van der Waals surface area contributed by atoms with Crippen molar-refractivity contribution in [2.24, 2.45) is 7.05 Å². The van der Waals surface area contributed by atoms with E-state index in [-0.39, 0.29) is 17.7 Å². The summed E-state index contributed by atoms with van der Waals surface area (Å²) in [6, 6.07) is 7.18. The Kier molecular flexibility index (Phi) is 4.09. The normalized spacial score (nSPS) is 14.8. The number of hydrogen-bond donors (Lipinski definition) is 1. The van der Waals surface area contributed by atoms with E-state index in [2.05, 4.69) is 10.4 Å². The number of benzene rings is 1. The summed E-state index contributed by atoms with van der Waals surface area (Å²) in [5.74, 6) is -0.549. The standard InChI is InChI=1S/C17H19ClN4O2/c1-9(2)13-14-15(21(4)20-13)16(23)19-11-7-5-6-8-12(11)22(14)17(24)10(3)18/h5-10H,1-4H3,(H,19,23). The molecule has 24 heavy (non-hydrogen) atoms. The third kappa shape index (κ3) is 2.47. The van der Waals surface area contributed by atoms with Crippen LogP contribution in [0.5, 0.6) is 0 Å². The fourth-order valence-corrected chi connectivity index (χ4v) is 2.98. The number of carbonyl (C=O) groups excluding carboxylic acids is 2. The van der Waals surface area contributed by atoms with E-state index < -0.39 is 5.38 Å². The number of amides is 2. The molecule has 1 aromatic carbocycles. The lowest BCUT2D eigenvalue weighted by molar-refractivity contribution is -0.117. The molecule has 126 valence electrons. The van der Waals surface area contributed by atoms with Crippen molar-refractivity contribution in [1.82, 2.24) is 9.78 Å². The van der Waals surface area contributed by atoms with Crippen LogP contribution in [0.3, 0.4) is 0 Å². The Morgan fingerprint density at radius 1 is 1.25 bits per heavy atom. The lowest BCUT2D eigenvalue weighted by Crippen LogP contribution is -2.32. The second-order valence-corrected chi connectivity index (χ2v) is 6.78. The molecule has 2 heterocycles. The number of fused-ring (bicyclic) bond motifs is 2. The fourth-order valence-electron chi connectivity index (χ4n) is 2.88. The highest BCUT2D eigenvalue weighted by molar-refractivity contribution is 6.34. The second kappa shape index (κ2) is 5.94. The summed E-state index contributed by atoms with van der Waals surface area (Å²) in [4.78, 5) is 27.1. The molecule has 0 radical (unpaired) electrons. The lowest BCUT2D eigenvalue weighted by Gasteiger charge is -2.25. The molecule has 0 saturated carbocycles. The molecule has 0 spiro atoms. The Hall–Kier alpha value is -2.34. The fraction of sp³-hybridized carbons (Fsp3) is 0.353. The van der Waals surface area contributed by atoms with Gasteiger partial charge >= 0.3 is 0 Å². The number of aromatic nitrogens is 2. The van der Waals surface area contributed by atoms with Gasteiger partial charge in [0.25, 0.3) is 5.91 Å². The third-order valence-electron chi connectivity index (χ3n) is 3.99. The molecule has 7 heteroatoms. The molecule has 1 aromatic heterocycles. The number of nitrogens with zero attached hydrogens (tertiary/aromatic N) is 3. The first-order valence-corrected chi connectivity index (χ1v) is 8.21. The van der Waals surface area contributed by atoms with Crippen LogP contribution < -0.4 is 10.2 Å². The van der Waals surface area contributed by atoms with E-state index >= 15 is 0 Å². The molecular formula is C17H19ClN4O2. The zero-order valence-corrected chi connectivity index (χ0v) is 14.8. The van der Waals surface area contributed by atoms with E-state index in [4.69, 9.17) is 11.6 Å². The molecule has 0 bridgehead atoms. The van der Waals surface area contributed by atoms with Gasteiger partial charge in [-0.3, -0.25) is 19.2 Å². The number of carbonyl (C=O) groups is 2. The molecule has 1 unspecified atom stereocenters. The van der Waals surface area contributed by atoms with Crippen LogP contribution in [0.2, 0.25) is 0 Å². The van der Waals surface area contributed by atoms with Crippen LogP contribution in [0.4, 0.5) is 17.1 Å². The van der Waals surface area contributed by atoms with Crippen LogP contribution in [0.25, 0.3) is 0 Å². The summed E-state index contributed by atoms with van der Waals surface area (Å²) in [5.41, 5.74) is 2.70. The van der Waals surface area contributed by atoms with Gasteiger partial charge in [0.05, 0.1) is 17.1 Å². The van der Waals surface area contributed by atoms with E-state index in [0.29, 0.717) is 28.5 Å². The molecular weight excluding hydrogens is 328 g/mol. The molecule has 0 fully saturated rings. The number of halogens is 1. The van der Waals surface area contributed by atoms with Gasteiger partial charge in [-0.05, 0) is 25.0 Å². The van der Waals surface area contributed by atoms with Gasteiger partial charge in [-0.2, -0.15) is 5.10 Å². The van der Waals surface area contributed by atoms with Crippen LogP contribution in [0.1, 0.15) is 42.9 Å². The highest BCUT2D eigenvalue weighted by Gasteiger charge is 2.36. The zero-order valence-electron chi connectivity index (χ0n) is 14.0. The minimum atomic E-state index is -0.737. The van der Waals surface area contributed by atoms with Crippen LogP contribution >= 0.6 is 11.6 Å². The van der Waals surface area contributed by atoms with E-state index in [0.717, 1.165) is 0 Å². The number of aryl methyl sites for hydroxylation is 1. The average Bonchev–Trinajstić information content (AvgIpc) is 2.79. The Labute approximate surface area is 145 Å². The largest absolute Gasteiger partial charge is 0.319 e. The van der Waals surface area contributed by atoms with Crippen LogP contribution in [-0.2, 0) is 11.8 Å². The topological polar surface area (TPSA) is 67.2 Å². The van der Waals surface area contributed by atoms with Crippen molar-refractivity contribution in [3.63, 3.8) is 0 Å². The van der Waals surface area contributed by atoms with Gasteiger partial charge in [0, 0.05) is 7.05 Å². The summed E-state index contributed by atoms with van der Waals surface area (Å²) in [6.07, 6.45) is 0. The molecule has 0 saturated heterocycles. The average molecular weight is 347 g/mol. The highest BCUT2D eigenvalue weighted by Crippen LogP contribution is 2.42. The molecule has 1 atom stereocenters. The predicted molar refractivity (Wildman–Crippen MR) is 94.2 cm³/mol. The molecule has 1 aliphatic rings. The first-order chi connectivity index (χ1) is 11.3. The quantitative estimate of drug-likeness (QED) is 0.847. The van der Waals surface area contributed by atoms with Crippen molar-refractivity contribution in [3.8, 4) is 0 Å². The van der Waals surface area contributed by atoms with E-state index in [1.165, 1.54) is 9.58 Å². The maximum Gasteiger partial charge on any atom is 0.276 e. The Morgan fingerprint density at radius 3 is 2.54 bits per heavy atom. The van der Waals surface area contributed by atoms with E-state index in [1.54, 1.807) is 26.1 Å². The van der Waals surface area contributed by atoms with Crippen molar-refractivity contribution in [2.45, 2.75) is 32.1 Å². The van der Waals surface area contributed by atoms with E-state index in [1.807, 2.05) is 26.0 Å². The molecule has 6 nitrogen and oxygen atoms in total. The summed E-state index contributed by atoms with van der Waals surface area (Å²) in [5, 5.41) is 6.59. The maximum absolute atomic E-state index is 12.9. The second-order valence-electron chi connectivity index (χ2n) is 6.12. The summed E-state index contributed by atoms with van der Waals surface area (Å²) in [6.45, 7) is 5.58.